The molecule has 30 heavy (non-hydrogen) atoms. The Morgan fingerprint density at radius 3 is 2.53 bits per heavy atom. The van der Waals surface area contributed by atoms with Gasteiger partial charge in [-0.25, -0.2) is 0 Å². The maximum absolute atomic E-state index is 11.8. The van der Waals surface area contributed by atoms with E-state index in [1.807, 2.05) is 31.2 Å². The molecule has 0 saturated heterocycles. The van der Waals surface area contributed by atoms with Gasteiger partial charge in [0.05, 0.1) is 0 Å². The summed E-state index contributed by atoms with van der Waals surface area (Å²) in [6, 6.07) is 7.73. The second-order valence-electron chi connectivity index (χ2n) is 7.55. The van der Waals surface area contributed by atoms with Gasteiger partial charge in [0.1, 0.15) is 0 Å². The second-order valence-corrected chi connectivity index (χ2v) is 7.55. The first-order valence-electron chi connectivity index (χ1n) is 9.95. The van der Waals surface area contributed by atoms with Crippen molar-refractivity contribution in [3.05, 3.63) is 48.2 Å². The van der Waals surface area contributed by atoms with Crippen LogP contribution in [0.25, 0.3) is 0 Å². The number of benzene rings is 1. The molecule has 1 aromatic heterocycles. The molecule has 3 rings (SSSR count). The molecular formula is C21H27N7O2. The molecule has 0 radical (unpaired) electrons. The quantitative estimate of drug-likeness (QED) is 0.515. The van der Waals surface area contributed by atoms with E-state index in [2.05, 4.69) is 44.6 Å². The van der Waals surface area contributed by atoms with Gasteiger partial charge in [-0.1, -0.05) is 31.2 Å². The van der Waals surface area contributed by atoms with Crippen molar-refractivity contribution < 1.29 is 9.59 Å². The average molecular weight is 409 g/mol. The number of aromatic nitrogens is 3. The van der Waals surface area contributed by atoms with Crippen molar-refractivity contribution >= 4 is 29.3 Å². The largest absolute Gasteiger partial charge is 0.364 e. The highest BCUT2D eigenvalue weighted by Crippen LogP contribution is 2.27. The topological polar surface area (TPSA) is 135 Å². The van der Waals surface area contributed by atoms with E-state index in [4.69, 9.17) is 5.73 Å². The Morgan fingerprint density at radius 1 is 1.17 bits per heavy atom. The van der Waals surface area contributed by atoms with Crippen LogP contribution in [0.15, 0.2) is 36.9 Å². The van der Waals surface area contributed by atoms with Crippen LogP contribution >= 0.6 is 0 Å². The molecule has 9 heteroatoms. The number of hydrogen-bond acceptors (Lipinski definition) is 7. The Hall–Kier alpha value is -3.49. The van der Waals surface area contributed by atoms with Gasteiger partial charge in [0.25, 0.3) is 5.91 Å². The smallest absolute Gasteiger partial charge is 0.273 e. The van der Waals surface area contributed by atoms with Crippen LogP contribution in [-0.4, -0.2) is 39.1 Å². The number of rotatable bonds is 7. The van der Waals surface area contributed by atoms with Gasteiger partial charge in [-0.15, -0.1) is 10.2 Å². The Balaban J connectivity index is 1.78. The minimum absolute atomic E-state index is 0.0322. The molecule has 0 aliphatic heterocycles. The summed E-state index contributed by atoms with van der Waals surface area (Å²) in [6.45, 7) is 7.57. The van der Waals surface area contributed by atoms with Crippen molar-refractivity contribution in [3.63, 3.8) is 0 Å². The van der Waals surface area contributed by atoms with Gasteiger partial charge in [-0.2, -0.15) is 4.98 Å². The molecular weight excluding hydrogens is 382 g/mol. The van der Waals surface area contributed by atoms with E-state index in [1.165, 1.54) is 6.08 Å². The van der Waals surface area contributed by atoms with Crippen LogP contribution < -0.4 is 21.7 Å². The molecule has 2 amide bonds. The first-order chi connectivity index (χ1) is 14.4. The van der Waals surface area contributed by atoms with Crippen LogP contribution in [0, 0.1) is 12.8 Å². The molecule has 0 spiro atoms. The van der Waals surface area contributed by atoms with E-state index in [0.717, 1.165) is 30.5 Å². The molecule has 3 atom stereocenters. The van der Waals surface area contributed by atoms with Gasteiger partial charge in [-0.05, 0) is 50.3 Å². The highest BCUT2D eigenvalue weighted by atomic mass is 16.2. The monoisotopic (exact) mass is 409 g/mol. The van der Waals surface area contributed by atoms with Gasteiger partial charge in [-0.3, -0.25) is 9.59 Å². The first kappa shape index (κ1) is 21.2. The first-order valence-corrected chi connectivity index (χ1v) is 9.95. The molecule has 1 aliphatic rings. The van der Waals surface area contributed by atoms with Crippen molar-refractivity contribution in [1.82, 2.24) is 20.5 Å². The number of amides is 2. The third-order valence-corrected chi connectivity index (χ3v) is 5.36. The molecule has 1 aliphatic carbocycles. The number of anilines is 3. The number of hydrogen-bond donors (Lipinski definition) is 4. The Bertz CT molecular complexity index is 929. The fourth-order valence-electron chi connectivity index (χ4n) is 3.59. The van der Waals surface area contributed by atoms with E-state index in [1.54, 1.807) is 0 Å². The van der Waals surface area contributed by atoms with Gasteiger partial charge in [0.2, 0.25) is 11.9 Å². The fraction of sp³-hybridized carbons (Fsp3) is 0.381. The summed E-state index contributed by atoms with van der Waals surface area (Å²) in [5.41, 5.74) is 7.27. The van der Waals surface area contributed by atoms with Gasteiger partial charge in [0, 0.05) is 17.8 Å². The minimum Gasteiger partial charge on any atom is -0.364 e. The predicted molar refractivity (Wildman–Crippen MR) is 115 cm³/mol. The molecule has 1 unspecified atom stereocenters. The maximum atomic E-state index is 11.8. The van der Waals surface area contributed by atoms with Crippen LogP contribution in [0.2, 0.25) is 0 Å². The third kappa shape index (κ3) is 5.11. The normalized spacial score (nSPS) is 20.8. The minimum atomic E-state index is -0.714. The molecule has 158 valence electrons. The Morgan fingerprint density at radius 2 is 1.87 bits per heavy atom. The average Bonchev–Trinajstić information content (AvgIpc) is 2.72. The SMILES string of the molecule is C=CC(=O)NC1CCC[C@@H](Nc2nnc(C(N)=O)c(Nc3ccc(C)cc3)n2)[C@H]1C. The van der Waals surface area contributed by atoms with Crippen LogP contribution in [0.1, 0.15) is 42.2 Å². The summed E-state index contributed by atoms with van der Waals surface area (Å²) < 4.78 is 0. The molecule has 2 aromatic rings. The van der Waals surface area contributed by atoms with E-state index in [0.29, 0.717) is 5.95 Å². The van der Waals surface area contributed by atoms with Crippen molar-refractivity contribution in [2.24, 2.45) is 11.7 Å². The van der Waals surface area contributed by atoms with Crippen molar-refractivity contribution in [3.8, 4) is 0 Å². The number of nitrogens with one attached hydrogen (secondary N) is 3. The van der Waals surface area contributed by atoms with Crippen LogP contribution in [0.4, 0.5) is 17.5 Å². The second kappa shape index (κ2) is 9.34. The van der Waals surface area contributed by atoms with Crippen molar-refractivity contribution in [1.29, 1.82) is 0 Å². The number of nitrogens with zero attached hydrogens (tertiary/aromatic N) is 3. The summed E-state index contributed by atoms with van der Waals surface area (Å²) in [6.07, 6.45) is 4.04. The van der Waals surface area contributed by atoms with Crippen molar-refractivity contribution in [2.75, 3.05) is 10.6 Å². The molecule has 1 fully saturated rings. The number of primary amides is 1. The van der Waals surface area contributed by atoms with E-state index < -0.39 is 5.91 Å². The van der Waals surface area contributed by atoms with E-state index in [-0.39, 0.29) is 35.4 Å². The summed E-state index contributed by atoms with van der Waals surface area (Å²) in [5.74, 6) is -0.211. The summed E-state index contributed by atoms with van der Waals surface area (Å²) in [5, 5.41) is 17.4. The van der Waals surface area contributed by atoms with Gasteiger partial charge >= 0.3 is 0 Å². The maximum Gasteiger partial charge on any atom is 0.273 e. The number of aryl methyl sites for hydroxylation is 1. The molecule has 0 bridgehead atoms. The zero-order valence-corrected chi connectivity index (χ0v) is 17.2. The molecule has 1 saturated carbocycles. The van der Waals surface area contributed by atoms with Crippen molar-refractivity contribution in [2.45, 2.75) is 45.2 Å². The lowest BCUT2D eigenvalue weighted by molar-refractivity contribution is -0.117. The zero-order chi connectivity index (χ0) is 21.7. The highest BCUT2D eigenvalue weighted by molar-refractivity contribution is 5.96. The Labute approximate surface area is 175 Å². The van der Waals surface area contributed by atoms with Gasteiger partial charge < -0.3 is 21.7 Å². The molecule has 9 nitrogen and oxygen atoms in total. The number of carbonyl (C=O) groups excluding carboxylic acids is 2. The van der Waals surface area contributed by atoms with E-state index >= 15 is 0 Å². The molecule has 5 N–H and O–H groups in total. The van der Waals surface area contributed by atoms with Crippen LogP contribution in [0.5, 0.6) is 0 Å². The highest BCUT2D eigenvalue weighted by Gasteiger charge is 2.31. The lowest BCUT2D eigenvalue weighted by Gasteiger charge is -2.36. The summed E-state index contributed by atoms with van der Waals surface area (Å²) >= 11 is 0. The van der Waals surface area contributed by atoms with Gasteiger partial charge in [0.15, 0.2) is 11.5 Å². The molecule has 1 aromatic carbocycles. The predicted octanol–water partition coefficient (Wildman–Crippen LogP) is 2.29. The number of carbonyl (C=O) groups is 2. The lowest BCUT2D eigenvalue weighted by atomic mass is 9.81. The standard InChI is InChI=1S/C21H27N7O2/c1-4-17(29)24-15-6-5-7-16(13(15)3)25-21-26-20(18(19(22)30)27-28-21)23-14-10-8-12(2)9-11-14/h4,8-11,13,15-16H,1,5-7H2,2-3H3,(H2,22,30)(H,24,29)(H2,23,25,26,28)/t13-,15?,16+/m0/s1. The summed E-state index contributed by atoms with van der Waals surface area (Å²) in [4.78, 5) is 27.9. The Kier molecular flexibility index (Phi) is 6.61. The van der Waals surface area contributed by atoms with E-state index in [9.17, 15) is 9.59 Å². The summed E-state index contributed by atoms with van der Waals surface area (Å²) in [7, 11) is 0. The lowest BCUT2D eigenvalue weighted by Crippen LogP contribution is -2.48. The van der Waals surface area contributed by atoms with Crippen LogP contribution in [0.3, 0.4) is 0 Å². The molecule has 1 heterocycles. The third-order valence-electron chi connectivity index (χ3n) is 5.36. The van der Waals surface area contributed by atoms with Crippen LogP contribution in [-0.2, 0) is 4.79 Å². The zero-order valence-electron chi connectivity index (χ0n) is 17.2. The number of nitrogens with two attached hydrogens (primary N) is 1. The fourth-order valence-corrected chi connectivity index (χ4v) is 3.59.